The van der Waals surface area contributed by atoms with Crippen LogP contribution in [0.4, 0.5) is 0 Å². The zero-order valence-electron chi connectivity index (χ0n) is 34.8. The highest BCUT2D eigenvalue weighted by Gasteiger charge is 2.51. The van der Waals surface area contributed by atoms with Crippen molar-refractivity contribution >= 4 is 27.6 Å². The van der Waals surface area contributed by atoms with Crippen molar-refractivity contribution in [3.05, 3.63) is 183 Å². The molecule has 0 radical (unpaired) electrons. The van der Waals surface area contributed by atoms with E-state index in [9.17, 15) is 0 Å². The van der Waals surface area contributed by atoms with Crippen LogP contribution < -0.4 is 0 Å². The van der Waals surface area contributed by atoms with Crippen LogP contribution in [-0.4, -0.2) is 19.1 Å². The van der Waals surface area contributed by atoms with E-state index in [0.717, 1.165) is 35.5 Å². The molecule has 4 heteroatoms. The molecule has 0 fully saturated rings. The first-order valence-corrected chi connectivity index (χ1v) is 21.4. The second kappa shape index (κ2) is 10.7. The molecule has 286 valence electrons. The zero-order valence-corrected chi connectivity index (χ0v) is 34.8. The number of allylic oxidation sites excluding steroid dienone is 4. The minimum absolute atomic E-state index is 0.0657. The first kappa shape index (κ1) is 33.7. The number of para-hydroxylation sites is 2. The van der Waals surface area contributed by atoms with Gasteiger partial charge >= 0.3 is 0 Å². The number of hydrogen-bond acceptors (Lipinski definition) is 2. The van der Waals surface area contributed by atoms with Crippen LogP contribution in [0.1, 0.15) is 98.9 Å². The Morgan fingerprint density at radius 2 is 1.08 bits per heavy atom. The first-order chi connectivity index (χ1) is 28.4. The Bertz CT molecular complexity index is 3320. The summed E-state index contributed by atoms with van der Waals surface area (Å²) in [5, 5.41) is 0. The molecule has 4 heterocycles. The van der Waals surface area contributed by atoms with Gasteiger partial charge in [-0.15, -0.1) is 0 Å². The molecule has 0 saturated carbocycles. The minimum Gasteiger partial charge on any atom is -0.310 e. The highest BCUT2D eigenvalue weighted by molar-refractivity contribution is 5.93. The predicted molar refractivity (Wildman–Crippen MR) is 241 cm³/mol. The summed E-state index contributed by atoms with van der Waals surface area (Å²) in [6.07, 6.45) is 4.61. The van der Waals surface area contributed by atoms with Crippen molar-refractivity contribution in [1.29, 1.82) is 0 Å². The van der Waals surface area contributed by atoms with E-state index < -0.39 is 11.1 Å². The van der Waals surface area contributed by atoms with E-state index in [1.165, 1.54) is 94.5 Å². The summed E-state index contributed by atoms with van der Waals surface area (Å²) < 4.78 is 5.13. The maximum Gasteiger partial charge on any atom is 0.142 e. The Labute approximate surface area is 345 Å². The molecule has 59 heavy (non-hydrogen) atoms. The summed E-state index contributed by atoms with van der Waals surface area (Å²) in [7, 11) is 0. The largest absolute Gasteiger partial charge is 0.310 e. The maximum atomic E-state index is 5.51. The molecule has 13 rings (SSSR count). The van der Waals surface area contributed by atoms with E-state index in [0.29, 0.717) is 0 Å². The molecule has 0 N–H and O–H groups in total. The number of aromatic nitrogens is 4. The highest BCUT2D eigenvalue weighted by Crippen LogP contribution is 2.60. The standard InChI is InChI=1S/C55H46N4/c1-31-20-25-47-49(26-31)59-51(57-47)39-30-44-38(29-45(39)55(59,7)33-22-24-37-35-15-9-11-17-41(35)53(4,5)43(37)28-33)50-56-46-18-12-13-19-48(46)58(50)54(44,6)32-21-23-36-34-14-8-10-16-40(34)52(2,3)42(36)27-32/h8-20,22,24-30H,21,23H2,1-7H3. The normalized spacial score (nSPS) is 22.1. The summed E-state index contributed by atoms with van der Waals surface area (Å²) in [5.74, 6) is 2.10. The van der Waals surface area contributed by atoms with Gasteiger partial charge in [-0.25, -0.2) is 9.97 Å². The fourth-order valence-corrected chi connectivity index (χ4v) is 12.5. The van der Waals surface area contributed by atoms with Gasteiger partial charge in [-0.3, -0.25) is 0 Å². The SMILES string of the molecule is Cc1ccc2nc3n(c2c1)C(C)(c1ccc2c(c1)C(C)(C)c1ccccc1-2)c1cc2c(cc1-3)C(C)(C1=CC3=C(CC1)c1ccccc1C3(C)C)n1c-2nc2ccccc21. The number of hydrogen-bond donors (Lipinski definition) is 0. The van der Waals surface area contributed by atoms with Crippen LogP contribution in [-0.2, 0) is 21.9 Å². The summed E-state index contributed by atoms with van der Waals surface area (Å²) >= 11 is 0. The van der Waals surface area contributed by atoms with Gasteiger partial charge in [-0.1, -0.05) is 119 Å². The van der Waals surface area contributed by atoms with Gasteiger partial charge in [-0.2, -0.15) is 0 Å². The van der Waals surface area contributed by atoms with E-state index >= 15 is 0 Å². The fourth-order valence-electron chi connectivity index (χ4n) is 12.5. The molecule has 2 unspecified atom stereocenters. The third-order valence-electron chi connectivity index (χ3n) is 15.6. The van der Waals surface area contributed by atoms with Crippen molar-refractivity contribution < 1.29 is 0 Å². The van der Waals surface area contributed by atoms with Crippen molar-refractivity contribution in [3.63, 3.8) is 0 Å². The van der Waals surface area contributed by atoms with Crippen molar-refractivity contribution in [2.45, 2.75) is 83.2 Å². The molecule has 8 aromatic rings. The number of fused-ring (bicyclic) bond motifs is 15. The molecule has 2 aliphatic heterocycles. The molecule has 6 aromatic carbocycles. The van der Waals surface area contributed by atoms with Crippen LogP contribution in [0.2, 0.25) is 0 Å². The lowest BCUT2D eigenvalue weighted by Gasteiger charge is -2.36. The van der Waals surface area contributed by atoms with Gasteiger partial charge in [0.05, 0.1) is 33.1 Å². The molecule has 0 spiro atoms. The van der Waals surface area contributed by atoms with Crippen molar-refractivity contribution in [2.24, 2.45) is 0 Å². The molecule has 2 aromatic heterocycles. The lowest BCUT2D eigenvalue weighted by molar-refractivity contribution is 0.482. The average molecular weight is 763 g/mol. The minimum atomic E-state index is -0.526. The van der Waals surface area contributed by atoms with E-state index in [1.54, 1.807) is 0 Å². The third-order valence-corrected chi connectivity index (χ3v) is 15.6. The summed E-state index contributed by atoms with van der Waals surface area (Å²) in [4.78, 5) is 11.0. The monoisotopic (exact) mass is 762 g/mol. The van der Waals surface area contributed by atoms with Crippen molar-refractivity contribution in [1.82, 2.24) is 19.1 Å². The predicted octanol–water partition coefficient (Wildman–Crippen LogP) is 13.0. The number of imidazole rings is 2. The highest BCUT2D eigenvalue weighted by atomic mass is 15.2. The quantitative estimate of drug-likeness (QED) is 0.176. The lowest BCUT2D eigenvalue weighted by atomic mass is 9.73. The van der Waals surface area contributed by atoms with Crippen LogP contribution >= 0.6 is 0 Å². The Morgan fingerprint density at radius 3 is 1.85 bits per heavy atom. The molecule has 0 amide bonds. The van der Waals surface area contributed by atoms with Crippen LogP contribution in [0.3, 0.4) is 0 Å². The smallest absolute Gasteiger partial charge is 0.142 e. The van der Waals surface area contributed by atoms with E-state index in [2.05, 4.69) is 185 Å². The Balaban J connectivity index is 1.08. The zero-order chi connectivity index (χ0) is 40.0. The average Bonchev–Trinajstić information content (AvgIpc) is 4.04. The Morgan fingerprint density at radius 1 is 0.475 bits per heavy atom. The second-order valence-corrected chi connectivity index (χ2v) is 19.3. The molecule has 2 atom stereocenters. The number of rotatable bonds is 2. The fraction of sp³-hybridized carbons (Fsp3) is 0.236. The molecule has 0 saturated heterocycles. The van der Waals surface area contributed by atoms with Crippen LogP contribution in [0.5, 0.6) is 0 Å². The van der Waals surface area contributed by atoms with E-state index in [4.69, 9.17) is 9.97 Å². The molecule has 5 aliphatic rings. The van der Waals surface area contributed by atoms with Gasteiger partial charge in [0.2, 0.25) is 0 Å². The van der Waals surface area contributed by atoms with E-state index in [1.807, 2.05) is 0 Å². The first-order valence-electron chi connectivity index (χ1n) is 21.4. The van der Waals surface area contributed by atoms with Gasteiger partial charge in [0, 0.05) is 22.0 Å². The van der Waals surface area contributed by atoms with Crippen molar-refractivity contribution in [3.8, 4) is 33.9 Å². The molecule has 3 aliphatic carbocycles. The molecular formula is C55H46N4. The summed E-state index contributed by atoms with van der Waals surface area (Å²) in [6, 6.07) is 45.8. The van der Waals surface area contributed by atoms with Gasteiger partial charge in [-0.05, 0) is 142 Å². The topological polar surface area (TPSA) is 35.6 Å². The van der Waals surface area contributed by atoms with Gasteiger partial charge in [0.1, 0.15) is 11.6 Å². The van der Waals surface area contributed by atoms with Gasteiger partial charge in [0.15, 0.2) is 0 Å². The molecule has 4 nitrogen and oxygen atoms in total. The second-order valence-electron chi connectivity index (χ2n) is 19.3. The Kier molecular flexibility index (Phi) is 6.09. The maximum absolute atomic E-state index is 5.51. The van der Waals surface area contributed by atoms with E-state index in [-0.39, 0.29) is 10.8 Å². The lowest BCUT2D eigenvalue weighted by Crippen LogP contribution is -2.32. The summed E-state index contributed by atoms with van der Waals surface area (Å²) in [5.41, 5.74) is 23.6. The summed E-state index contributed by atoms with van der Waals surface area (Å²) in [6.45, 7) is 16.7. The van der Waals surface area contributed by atoms with Crippen LogP contribution in [0.15, 0.2) is 139 Å². The van der Waals surface area contributed by atoms with Gasteiger partial charge < -0.3 is 9.13 Å². The number of benzene rings is 6. The number of aryl methyl sites for hydroxylation is 1. The van der Waals surface area contributed by atoms with Crippen LogP contribution in [0.25, 0.3) is 61.5 Å². The molecule has 0 bridgehead atoms. The van der Waals surface area contributed by atoms with Crippen molar-refractivity contribution in [2.75, 3.05) is 0 Å². The number of nitrogens with zero attached hydrogens (tertiary/aromatic N) is 4. The van der Waals surface area contributed by atoms with Crippen LogP contribution in [0, 0.1) is 6.92 Å². The Hall–Kier alpha value is -6.26. The molecular weight excluding hydrogens is 717 g/mol. The third kappa shape index (κ3) is 3.88. The van der Waals surface area contributed by atoms with Gasteiger partial charge in [0.25, 0.3) is 0 Å².